The van der Waals surface area contributed by atoms with Crippen molar-refractivity contribution in [3.05, 3.63) is 28.0 Å². The van der Waals surface area contributed by atoms with Crippen LogP contribution in [0.2, 0.25) is 0 Å². The summed E-state index contributed by atoms with van der Waals surface area (Å²) in [5.41, 5.74) is 7.10. The molecular weight excluding hydrogens is 285 g/mol. The van der Waals surface area contributed by atoms with Crippen molar-refractivity contribution >= 4 is 15.9 Å². The Kier molecular flexibility index (Phi) is 4.55. The van der Waals surface area contributed by atoms with Crippen molar-refractivity contribution in [2.24, 2.45) is 11.1 Å². The van der Waals surface area contributed by atoms with Crippen LogP contribution in [0.5, 0.6) is 5.75 Å². The molecule has 1 unspecified atom stereocenters. The van der Waals surface area contributed by atoms with E-state index >= 15 is 0 Å². The molecule has 0 spiro atoms. The fraction of sp³-hybridized carbons (Fsp3) is 0.538. The molecule has 17 heavy (non-hydrogen) atoms. The smallest absolute Gasteiger partial charge is 0.141 e. The lowest BCUT2D eigenvalue weighted by Crippen LogP contribution is -2.19. The quantitative estimate of drug-likeness (QED) is 0.915. The summed E-state index contributed by atoms with van der Waals surface area (Å²) in [6.07, 6.45) is 0.807. The number of nitrogens with two attached hydrogens (primary N) is 1. The molecule has 4 heteroatoms. The van der Waals surface area contributed by atoms with Crippen LogP contribution < -0.4 is 10.5 Å². The summed E-state index contributed by atoms with van der Waals surface area (Å²) in [5.74, 6) is 0.163. The highest BCUT2D eigenvalue weighted by Gasteiger charge is 2.21. The maximum atomic E-state index is 13.4. The minimum Gasteiger partial charge on any atom is -0.496 e. The number of halogens is 2. The second-order valence-electron chi connectivity index (χ2n) is 5.38. The Labute approximate surface area is 110 Å². The molecule has 2 nitrogen and oxygen atoms in total. The van der Waals surface area contributed by atoms with Gasteiger partial charge in [-0.2, -0.15) is 0 Å². The van der Waals surface area contributed by atoms with Gasteiger partial charge in [0, 0.05) is 17.7 Å². The Morgan fingerprint density at radius 1 is 1.41 bits per heavy atom. The van der Waals surface area contributed by atoms with Gasteiger partial charge in [0.1, 0.15) is 11.6 Å². The number of hydrogen-bond acceptors (Lipinski definition) is 2. The van der Waals surface area contributed by atoms with Gasteiger partial charge in [-0.1, -0.05) is 20.8 Å². The van der Waals surface area contributed by atoms with Crippen LogP contribution in [0.3, 0.4) is 0 Å². The minimum absolute atomic E-state index is 0.116. The molecule has 0 fully saturated rings. The van der Waals surface area contributed by atoms with E-state index in [4.69, 9.17) is 10.5 Å². The molecule has 96 valence electrons. The van der Waals surface area contributed by atoms with E-state index < -0.39 is 0 Å². The summed E-state index contributed by atoms with van der Waals surface area (Å²) in [4.78, 5) is 0. The SMILES string of the molecule is COc1cc(F)c(Br)cc1C(N)CC(C)(C)C. The Bertz CT molecular complexity index is 401. The van der Waals surface area contributed by atoms with E-state index in [0.717, 1.165) is 12.0 Å². The highest BCUT2D eigenvalue weighted by Crippen LogP contribution is 2.35. The fourth-order valence-corrected chi connectivity index (χ4v) is 2.14. The second-order valence-corrected chi connectivity index (χ2v) is 6.23. The van der Waals surface area contributed by atoms with Crippen LogP contribution in [0.1, 0.15) is 38.8 Å². The zero-order chi connectivity index (χ0) is 13.2. The van der Waals surface area contributed by atoms with Crippen molar-refractivity contribution in [1.82, 2.24) is 0 Å². The van der Waals surface area contributed by atoms with Crippen LogP contribution in [0, 0.1) is 11.2 Å². The zero-order valence-electron chi connectivity index (χ0n) is 10.7. The molecule has 2 N–H and O–H groups in total. The van der Waals surface area contributed by atoms with Crippen LogP contribution in [0.4, 0.5) is 4.39 Å². The lowest BCUT2D eigenvalue weighted by molar-refractivity contribution is 0.334. The average molecular weight is 304 g/mol. The van der Waals surface area contributed by atoms with E-state index in [1.807, 2.05) is 0 Å². The lowest BCUT2D eigenvalue weighted by atomic mass is 9.85. The van der Waals surface area contributed by atoms with E-state index in [1.54, 1.807) is 6.07 Å². The first-order valence-corrected chi connectivity index (χ1v) is 6.32. The van der Waals surface area contributed by atoms with Crippen LogP contribution >= 0.6 is 15.9 Å². The van der Waals surface area contributed by atoms with E-state index in [2.05, 4.69) is 36.7 Å². The molecule has 0 radical (unpaired) electrons. The Hall–Kier alpha value is -0.610. The highest BCUT2D eigenvalue weighted by atomic mass is 79.9. The summed E-state index contributed by atoms with van der Waals surface area (Å²) in [6.45, 7) is 6.37. The molecule has 0 saturated heterocycles. The van der Waals surface area contributed by atoms with E-state index in [0.29, 0.717) is 10.2 Å². The predicted molar refractivity (Wildman–Crippen MR) is 71.7 cm³/mol. The molecule has 1 aromatic rings. The second kappa shape index (κ2) is 5.36. The van der Waals surface area contributed by atoms with E-state index in [9.17, 15) is 4.39 Å². The minimum atomic E-state index is -0.339. The standard InChI is InChI=1S/C13H19BrFNO/c1-13(2,3)7-11(16)8-5-9(14)10(15)6-12(8)17-4/h5-6,11H,7,16H2,1-4H3. The summed E-state index contributed by atoms with van der Waals surface area (Å²) in [5, 5.41) is 0. The lowest BCUT2D eigenvalue weighted by Gasteiger charge is -2.24. The number of hydrogen-bond donors (Lipinski definition) is 1. The van der Waals surface area contributed by atoms with Crippen LogP contribution in [-0.2, 0) is 0 Å². The summed E-state index contributed by atoms with van der Waals surface area (Å²) >= 11 is 3.17. The Morgan fingerprint density at radius 3 is 2.47 bits per heavy atom. The van der Waals surface area contributed by atoms with Crippen molar-refractivity contribution < 1.29 is 9.13 Å². The summed E-state index contributed by atoms with van der Waals surface area (Å²) < 4.78 is 19.0. The van der Waals surface area contributed by atoms with Gasteiger partial charge in [0.15, 0.2) is 0 Å². The van der Waals surface area contributed by atoms with Crippen molar-refractivity contribution in [1.29, 1.82) is 0 Å². The van der Waals surface area contributed by atoms with Crippen molar-refractivity contribution in [2.75, 3.05) is 7.11 Å². The Morgan fingerprint density at radius 2 is 2.00 bits per heavy atom. The molecular formula is C13H19BrFNO. The number of benzene rings is 1. The Balaban J connectivity index is 3.08. The third-order valence-electron chi connectivity index (χ3n) is 2.50. The molecule has 1 rings (SSSR count). The fourth-order valence-electron chi connectivity index (χ4n) is 1.78. The van der Waals surface area contributed by atoms with Gasteiger partial charge in [-0.05, 0) is 33.8 Å². The van der Waals surface area contributed by atoms with Gasteiger partial charge in [0.25, 0.3) is 0 Å². The van der Waals surface area contributed by atoms with Crippen molar-refractivity contribution in [3.8, 4) is 5.75 Å². The number of rotatable bonds is 3. The molecule has 0 saturated carbocycles. The molecule has 0 amide bonds. The third-order valence-corrected chi connectivity index (χ3v) is 3.11. The summed E-state index contributed by atoms with van der Waals surface area (Å²) in [6, 6.07) is 2.90. The molecule has 0 aromatic heterocycles. The van der Waals surface area contributed by atoms with E-state index in [1.165, 1.54) is 13.2 Å². The largest absolute Gasteiger partial charge is 0.496 e. The molecule has 0 heterocycles. The van der Waals surface area contributed by atoms with Crippen LogP contribution in [0.15, 0.2) is 16.6 Å². The van der Waals surface area contributed by atoms with Crippen molar-refractivity contribution in [2.45, 2.75) is 33.2 Å². The maximum Gasteiger partial charge on any atom is 0.141 e. The maximum absolute atomic E-state index is 13.4. The predicted octanol–water partition coefficient (Wildman–Crippen LogP) is 4.03. The van der Waals surface area contributed by atoms with Gasteiger partial charge in [-0.15, -0.1) is 0 Å². The first-order chi connectivity index (χ1) is 7.74. The highest BCUT2D eigenvalue weighted by molar-refractivity contribution is 9.10. The van der Waals surface area contributed by atoms with Gasteiger partial charge in [-0.3, -0.25) is 0 Å². The molecule has 0 bridgehead atoms. The molecule has 0 aliphatic carbocycles. The van der Waals surface area contributed by atoms with Gasteiger partial charge in [-0.25, -0.2) is 4.39 Å². The summed E-state index contributed by atoms with van der Waals surface area (Å²) in [7, 11) is 1.52. The average Bonchev–Trinajstić information content (AvgIpc) is 2.18. The molecule has 0 aliphatic rings. The first-order valence-electron chi connectivity index (χ1n) is 5.53. The monoisotopic (exact) mass is 303 g/mol. The molecule has 0 aliphatic heterocycles. The topological polar surface area (TPSA) is 35.2 Å². The van der Waals surface area contributed by atoms with Gasteiger partial charge in [0.05, 0.1) is 11.6 Å². The zero-order valence-corrected chi connectivity index (χ0v) is 12.3. The van der Waals surface area contributed by atoms with Crippen LogP contribution in [0.25, 0.3) is 0 Å². The van der Waals surface area contributed by atoms with Gasteiger partial charge < -0.3 is 10.5 Å². The van der Waals surface area contributed by atoms with Crippen LogP contribution in [-0.4, -0.2) is 7.11 Å². The normalized spacial score (nSPS) is 13.6. The third kappa shape index (κ3) is 3.96. The molecule has 1 aromatic carbocycles. The van der Waals surface area contributed by atoms with Gasteiger partial charge >= 0.3 is 0 Å². The van der Waals surface area contributed by atoms with E-state index in [-0.39, 0.29) is 17.3 Å². The van der Waals surface area contributed by atoms with Gasteiger partial charge in [0.2, 0.25) is 0 Å². The van der Waals surface area contributed by atoms with Crippen molar-refractivity contribution in [3.63, 3.8) is 0 Å². The number of methoxy groups -OCH3 is 1. The number of ether oxygens (including phenoxy) is 1. The molecule has 1 atom stereocenters. The first kappa shape index (κ1) is 14.5.